The Labute approximate surface area is 154 Å². The van der Waals surface area contributed by atoms with Crippen molar-refractivity contribution in [2.45, 2.75) is 20.8 Å². The topological polar surface area (TPSA) is 71.8 Å². The van der Waals surface area contributed by atoms with Crippen LogP contribution in [0.5, 0.6) is 0 Å². The van der Waals surface area contributed by atoms with Crippen molar-refractivity contribution in [3.63, 3.8) is 0 Å². The van der Waals surface area contributed by atoms with Gasteiger partial charge in [0.2, 0.25) is 0 Å². The average Bonchev–Trinajstić information content (AvgIpc) is 3.14. The maximum absolute atomic E-state index is 12.9. The van der Waals surface area contributed by atoms with Gasteiger partial charge < -0.3 is 19.4 Å². The number of methoxy groups -OCH3 is 1. The first-order chi connectivity index (χ1) is 12.4. The fraction of sp³-hybridized carbons (Fsp3) is 0.400. The van der Waals surface area contributed by atoms with E-state index in [0.29, 0.717) is 36.9 Å². The van der Waals surface area contributed by atoms with Crippen LogP contribution in [0.15, 0.2) is 41.0 Å². The summed E-state index contributed by atoms with van der Waals surface area (Å²) in [5, 5.41) is 2.80. The highest BCUT2D eigenvalue weighted by molar-refractivity contribution is 6.03. The Morgan fingerprint density at radius 3 is 2.65 bits per heavy atom. The number of ether oxygens (including phenoxy) is 1. The number of anilines is 1. The molecule has 0 bridgehead atoms. The zero-order valence-electron chi connectivity index (χ0n) is 15.7. The van der Waals surface area contributed by atoms with Crippen LogP contribution in [0.3, 0.4) is 0 Å². The van der Waals surface area contributed by atoms with Gasteiger partial charge in [-0.1, -0.05) is 19.9 Å². The van der Waals surface area contributed by atoms with Crippen LogP contribution < -0.4 is 5.32 Å². The van der Waals surface area contributed by atoms with E-state index in [0.717, 1.165) is 5.56 Å². The average molecular weight is 358 g/mol. The van der Waals surface area contributed by atoms with E-state index in [1.165, 1.54) is 6.26 Å². The highest BCUT2D eigenvalue weighted by Crippen LogP contribution is 2.20. The summed E-state index contributed by atoms with van der Waals surface area (Å²) < 4.78 is 10.2. The molecule has 6 heteroatoms. The van der Waals surface area contributed by atoms with Gasteiger partial charge in [-0.15, -0.1) is 0 Å². The van der Waals surface area contributed by atoms with Gasteiger partial charge in [0.1, 0.15) is 0 Å². The zero-order chi connectivity index (χ0) is 19.1. The van der Waals surface area contributed by atoms with Gasteiger partial charge in [-0.3, -0.25) is 9.59 Å². The number of carbonyl (C=O) groups excluding carboxylic acids is 2. The van der Waals surface area contributed by atoms with Crippen molar-refractivity contribution in [2.24, 2.45) is 5.92 Å². The van der Waals surface area contributed by atoms with Crippen LogP contribution in [0.2, 0.25) is 0 Å². The summed E-state index contributed by atoms with van der Waals surface area (Å²) >= 11 is 0. The SMILES string of the molecule is COCCN(CC(C)C)C(=O)c1ccc(C)c(NC(=O)c2ccco2)c1. The summed E-state index contributed by atoms with van der Waals surface area (Å²) in [6.07, 6.45) is 1.45. The van der Waals surface area contributed by atoms with Crippen LogP contribution in [0.25, 0.3) is 0 Å². The molecule has 0 radical (unpaired) electrons. The number of carbonyl (C=O) groups is 2. The lowest BCUT2D eigenvalue weighted by Gasteiger charge is -2.24. The van der Waals surface area contributed by atoms with Crippen LogP contribution in [0, 0.1) is 12.8 Å². The Morgan fingerprint density at radius 1 is 1.27 bits per heavy atom. The number of nitrogens with one attached hydrogen (secondary N) is 1. The van der Waals surface area contributed by atoms with E-state index in [2.05, 4.69) is 19.2 Å². The zero-order valence-corrected chi connectivity index (χ0v) is 15.7. The third-order valence-corrected chi connectivity index (χ3v) is 3.92. The van der Waals surface area contributed by atoms with Gasteiger partial charge >= 0.3 is 0 Å². The molecule has 0 saturated heterocycles. The first-order valence-corrected chi connectivity index (χ1v) is 8.66. The number of hydrogen-bond acceptors (Lipinski definition) is 4. The largest absolute Gasteiger partial charge is 0.459 e. The quantitative estimate of drug-likeness (QED) is 0.783. The molecule has 140 valence electrons. The highest BCUT2D eigenvalue weighted by Gasteiger charge is 2.18. The molecular weight excluding hydrogens is 332 g/mol. The molecule has 0 saturated carbocycles. The highest BCUT2D eigenvalue weighted by atomic mass is 16.5. The van der Waals surface area contributed by atoms with Gasteiger partial charge in [0.15, 0.2) is 5.76 Å². The molecule has 0 atom stereocenters. The van der Waals surface area contributed by atoms with Gasteiger partial charge in [-0.25, -0.2) is 0 Å². The molecule has 0 fully saturated rings. The van der Waals surface area contributed by atoms with E-state index < -0.39 is 0 Å². The van der Waals surface area contributed by atoms with Crippen molar-refractivity contribution < 1.29 is 18.7 Å². The Bertz CT molecular complexity index is 738. The standard InChI is InChI=1S/C20H26N2O4/c1-14(2)13-22(9-11-25-4)20(24)16-8-7-15(3)17(12-16)21-19(23)18-6-5-10-26-18/h5-8,10,12,14H,9,11,13H2,1-4H3,(H,21,23). The minimum absolute atomic E-state index is 0.0794. The van der Waals surface area contributed by atoms with Gasteiger partial charge in [0.25, 0.3) is 11.8 Å². The maximum atomic E-state index is 12.9. The summed E-state index contributed by atoms with van der Waals surface area (Å²) in [5.41, 5.74) is 1.99. The smallest absolute Gasteiger partial charge is 0.291 e. The van der Waals surface area contributed by atoms with E-state index in [1.54, 1.807) is 36.3 Å². The van der Waals surface area contributed by atoms with Crippen molar-refractivity contribution in [1.82, 2.24) is 4.90 Å². The minimum Gasteiger partial charge on any atom is -0.459 e. The summed E-state index contributed by atoms with van der Waals surface area (Å²) in [6.45, 7) is 7.66. The fourth-order valence-electron chi connectivity index (χ4n) is 2.58. The van der Waals surface area contributed by atoms with Crippen molar-refractivity contribution in [1.29, 1.82) is 0 Å². The summed E-state index contributed by atoms with van der Waals surface area (Å²) in [6, 6.07) is 8.56. The number of benzene rings is 1. The minimum atomic E-state index is -0.346. The molecule has 6 nitrogen and oxygen atoms in total. The Kier molecular flexibility index (Phi) is 6.97. The summed E-state index contributed by atoms with van der Waals surface area (Å²) in [5.74, 6) is 0.146. The van der Waals surface area contributed by atoms with Crippen molar-refractivity contribution in [2.75, 3.05) is 32.1 Å². The van der Waals surface area contributed by atoms with Crippen molar-refractivity contribution in [3.05, 3.63) is 53.5 Å². The van der Waals surface area contributed by atoms with Gasteiger partial charge in [0.05, 0.1) is 12.9 Å². The molecule has 0 aliphatic rings. The second kappa shape index (κ2) is 9.20. The summed E-state index contributed by atoms with van der Waals surface area (Å²) in [4.78, 5) is 26.9. The monoisotopic (exact) mass is 358 g/mol. The first-order valence-electron chi connectivity index (χ1n) is 8.66. The van der Waals surface area contributed by atoms with Crippen molar-refractivity contribution >= 4 is 17.5 Å². The number of furan rings is 1. The van der Waals surface area contributed by atoms with Gasteiger partial charge in [-0.05, 0) is 42.7 Å². The van der Waals surface area contributed by atoms with E-state index in [-0.39, 0.29) is 17.6 Å². The van der Waals surface area contributed by atoms with Gasteiger partial charge in [-0.2, -0.15) is 0 Å². The lowest BCUT2D eigenvalue weighted by Crippen LogP contribution is -2.36. The van der Waals surface area contributed by atoms with Crippen LogP contribution in [0.4, 0.5) is 5.69 Å². The van der Waals surface area contributed by atoms with E-state index in [1.807, 2.05) is 13.0 Å². The Hall–Kier alpha value is -2.60. The lowest BCUT2D eigenvalue weighted by molar-refractivity contribution is 0.0672. The predicted octanol–water partition coefficient (Wildman–Crippen LogP) is 3.58. The molecule has 1 aromatic heterocycles. The van der Waals surface area contributed by atoms with Crippen molar-refractivity contribution in [3.8, 4) is 0 Å². The molecule has 0 unspecified atom stereocenters. The predicted molar refractivity (Wildman–Crippen MR) is 100 cm³/mol. The first kappa shape index (κ1) is 19.7. The molecular formula is C20H26N2O4. The summed E-state index contributed by atoms with van der Waals surface area (Å²) in [7, 11) is 1.62. The van der Waals surface area contributed by atoms with Crippen LogP contribution in [-0.2, 0) is 4.74 Å². The van der Waals surface area contributed by atoms with Crippen LogP contribution >= 0.6 is 0 Å². The fourth-order valence-corrected chi connectivity index (χ4v) is 2.58. The van der Waals surface area contributed by atoms with Crippen LogP contribution in [-0.4, -0.2) is 43.5 Å². The molecule has 2 amide bonds. The number of nitrogens with zero attached hydrogens (tertiary/aromatic N) is 1. The number of rotatable bonds is 8. The molecule has 1 N–H and O–H groups in total. The molecule has 1 aromatic carbocycles. The van der Waals surface area contributed by atoms with E-state index in [9.17, 15) is 9.59 Å². The molecule has 0 spiro atoms. The Morgan fingerprint density at radius 2 is 2.04 bits per heavy atom. The molecule has 2 rings (SSSR count). The number of hydrogen-bond donors (Lipinski definition) is 1. The molecule has 0 aliphatic heterocycles. The van der Waals surface area contributed by atoms with E-state index >= 15 is 0 Å². The molecule has 2 aromatic rings. The third-order valence-electron chi connectivity index (χ3n) is 3.92. The number of aryl methyl sites for hydroxylation is 1. The van der Waals surface area contributed by atoms with E-state index in [4.69, 9.17) is 9.15 Å². The second-order valence-electron chi connectivity index (χ2n) is 6.60. The Balaban J connectivity index is 2.20. The lowest BCUT2D eigenvalue weighted by atomic mass is 10.1. The number of amides is 2. The molecule has 26 heavy (non-hydrogen) atoms. The van der Waals surface area contributed by atoms with Gasteiger partial charge in [0, 0.05) is 31.5 Å². The maximum Gasteiger partial charge on any atom is 0.291 e. The molecule has 0 aliphatic carbocycles. The van der Waals surface area contributed by atoms with Crippen LogP contribution in [0.1, 0.15) is 40.3 Å². The third kappa shape index (κ3) is 5.20. The molecule has 1 heterocycles. The normalized spacial score (nSPS) is 10.8. The second-order valence-corrected chi connectivity index (χ2v) is 6.60.